The molecule has 1 amide bonds. The van der Waals surface area contributed by atoms with Crippen LogP contribution >= 0.6 is 0 Å². The van der Waals surface area contributed by atoms with Gasteiger partial charge in [0.1, 0.15) is 0 Å². The van der Waals surface area contributed by atoms with Gasteiger partial charge in [-0.3, -0.25) is 14.4 Å². The molecule has 0 bridgehead atoms. The molecular formula is C28H33NO6. The fourth-order valence-electron chi connectivity index (χ4n) is 7.25. The number of amides is 1. The van der Waals surface area contributed by atoms with Crippen LogP contribution in [0.25, 0.3) is 0 Å². The monoisotopic (exact) mass is 479 g/mol. The molecule has 4 fully saturated rings. The summed E-state index contributed by atoms with van der Waals surface area (Å²) in [5.41, 5.74) is -0.0957. The van der Waals surface area contributed by atoms with Crippen LogP contribution in [0.5, 0.6) is 0 Å². The second-order valence-corrected chi connectivity index (χ2v) is 11.3. The Morgan fingerprint density at radius 2 is 1.83 bits per heavy atom. The highest BCUT2D eigenvalue weighted by Crippen LogP contribution is 2.66. The predicted octanol–water partition coefficient (Wildman–Crippen LogP) is 2.76. The predicted molar refractivity (Wildman–Crippen MR) is 126 cm³/mol. The third-order valence-corrected chi connectivity index (χ3v) is 9.31. The molecule has 4 aliphatic heterocycles. The summed E-state index contributed by atoms with van der Waals surface area (Å²) in [5.74, 6) is -1.62. The number of allylic oxidation sites excluding steroid dienone is 1. The molecule has 1 aliphatic carbocycles. The molecule has 1 spiro atoms. The minimum absolute atomic E-state index is 0.00732. The normalized spacial score (nSPS) is 47.9. The largest absolute Gasteiger partial charge is 0.448 e. The van der Waals surface area contributed by atoms with Crippen molar-refractivity contribution in [2.24, 2.45) is 23.7 Å². The lowest BCUT2D eigenvalue weighted by Gasteiger charge is -2.46. The lowest BCUT2D eigenvalue weighted by atomic mass is 9.58. The molecule has 35 heavy (non-hydrogen) atoms. The van der Waals surface area contributed by atoms with Gasteiger partial charge in [0.25, 0.3) is 5.91 Å². The molecule has 1 aromatic carbocycles. The van der Waals surface area contributed by atoms with Gasteiger partial charge in [-0.2, -0.15) is 0 Å². The third-order valence-electron chi connectivity index (χ3n) is 9.31. The minimum Gasteiger partial charge on any atom is -0.448 e. The number of ether oxygens (including phenoxy) is 3. The van der Waals surface area contributed by atoms with Crippen molar-refractivity contribution in [1.82, 2.24) is 5.32 Å². The average molecular weight is 480 g/mol. The van der Waals surface area contributed by atoms with Gasteiger partial charge < -0.3 is 19.5 Å². The van der Waals surface area contributed by atoms with Crippen molar-refractivity contribution in [2.75, 3.05) is 0 Å². The van der Waals surface area contributed by atoms with E-state index in [0.717, 1.165) is 5.56 Å². The van der Waals surface area contributed by atoms with Crippen molar-refractivity contribution < 1.29 is 28.6 Å². The van der Waals surface area contributed by atoms with Gasteiger partial charge >= 0.3 is 5.97 Å². The maximum absolute atomic E-state index is 13.9. The van der Waals surface area contributed by atoms with E-state index in [1.807, 2.05) is 25.1 Å². The van der Waals surface area contributed by atoms with Crippen LogP contribution in [0.2, 0.25) is 0 Å². The molecule has 1 aromatic rings. The number of rotatable bonds is 2. The summed E-state index contributed by atoms with van der Waals surface area (Å²) in [7, 11) is 0. The Balaban J connectivity index is 1.43. The number of Topliss-reactive ketones (excluding diaryl/α,β-unsaturated/α-hetero) is 1. The number of ketones is 1. The number of epoxide rings is 2. The number of hydrogen-bond donors (Lipinski definition) is 1. The van der Waals surface area contributed by atoms with E-state index in [0.29, 0.717) is 18.4 Å². The van der Waals surface area contributed by atoms with Gasteiger partial charge in [-0.15, -0.1) is 0 Å². The van der Waals surface area contributed by atoms with Crippen molar-refractivity contribution in [3.63, 3.8) is 0 Å². The van der Waals surface area contributed by atoms with Crippen molar-refractivity contribution in [1.29, 1.82) is 0 Å². The molecule has 6 rings (SSSR count). The Hall–Kier alpha value is -2.51. The van der Waals surface area contributed by atoms with Gasteiger partial charge in [-0.25, -0.2) is 0 Å². The van der Waals surface area contributed by atoms with Crippen molar-refractivity contribution in [2.45, 2.75) is 82.5 Å². The Morgan fingerprint density at radius 1 is 1.09 bits per heavy atom. The second kappa shape index (κ2) is 7.74. The Morgan fingerprint density at radius 3 is 2.57 bits per heavy atom. The molecule has 7 nitrogen and oxygen atoms in total. The molecule has 186 valence electrons. The van der Waals surface area contributed by atoms with Crippen LogP contribution in [0, 0.1) is 23.7 Å². The molecule has 0 aromatic heterocycles. The van der Waals surface area contributed by atoms with E-state index in [1.54, 1.807) is 13.0 Å². The zero-order valence-electron chi connectivity index (χ0n) is 20.7. The van der Waals surface area contributed by atoms with Crippen molar-refractivity contribution >= 4 is 17.7 Å². The first-order valence-corrected chi connectivity index (χ1v) is 12.8. The first-order chi connectivity index (χ1) is 16.7. The van der Waals surface area contributed by atoms with Gasteiger partial charge in [-0.05, 0) is 43.7 Å². The summed E-state index contributed by atoms with van der Waals surface area (Å²) in [6, 6.07) is 9.87. The van der Waals surface area contributed by atoms with E-state index < -0.39 is 23.1 Å². The number of esters is 1. The molecule has 4 heterocycles. The first-order valence-electron chi connectivity index (χ1n) is 12.8. The van der Waals surface area contributed by atoms with Crippen LogP contribution in [-0.2, 0) is 35.0 Å². The van der Waals surface area contributed by atoms with Crippen LogP contribution in [0.1, 0.15) is 46.1 Å². The number of fused-ring (bicyclic) bond motifs is 4. The van der Waals surface area contributed by atoms with Gasteiger partial charge in [0.15, 0.2) is 5.78 Å². The Kier molecular flexibility index (Phi) is 5.07. The zero-order valence-corrected chi connectivity index (χ0v) is 20.7. The molecule has 1 N–H and O–H groups in total. The maximum atomic E-state index is 13.9. The highest BCUT2D eigenvalue weighted by atomic mass is 16.6. The maximum Gasteiger partial charge on any atom is 0.310 e. The quantitative estimate of drug-likeness (QED) is 0.518. The van der Waals surface area contributed by atoms with Gasteiger partial charge in [0.05, 0.1) is 36.3 Å². The molecule has 7 heteroatoms. The number of hydrogen-bond acceptors (Lipinski definition) is 6. The van der Waals surface area contributed by atoms with Crippen molar-refractivity contribution in [3.8, 4) is 0 Å². The third kappa shape index (κ3) is 3.34. The second-order valence-electron chi connectivity index (χ2n) is 11.3. The number of benzene rings is 1. The molecule has 5 aliphatic rings. The zero-order chi connectivity index (χ0) is 24.7. The van der Waals surface area contributed by atoms with E-state index in [9.17, 15) is 14.4 Å². The number of carbonyl (C=O) groups is 3. The van der Waals surface area contributed by atoms with Crippen LogP contribution in [0.4, 0.5) is 0 Å². The molecule has 1 saturated carbocycles. The molecule has 3 saturated heterocycles. The number of nitrogens with one attached hydrogen (secondary N) is 1. The van der Waals surface area contributed by atoms with Gasteiger partial charge in [-0.1, -0.05) is 50.3 Å². The molecular weight excluding hydrogens is 446 g/mol. The van der Waals surface area contributed by atoms with Crippen LogP contribution in [0.3, 0.4) is 0 Å². The Bertz CT molecular complexity index is 1120. The van der Waals surface area contributed by atoms with E-state index >= 15 is 0 Å². The van der Waals surface area contributed by atoms with E-state index in [2.05, 4.69) is 31.3 Å². The highest BCUT2D eigenvalue weighted by Gasteiger charge is 2.82. The average Bonchev–Trinajstić information content (AvgIpc) is 3.71. The molecule has 0 unspecified atom stereocenters. The summed E-state index contributed by atoms with van der Waals surface area (Å²) in [5, 5.41) is 3.22. The first kappa shape index (κ1) is 22.9. The lowest BCUT2D eigenvalue weighted by molar-refractivity contribution is -0.186. The molecule has 0 radical (unpaired) electrons. The van der Waals surface area contributed by atoms with E-state index in [-0.39, 0.29) is 60.2 Å². The van der Waals surface area contributed by atoms with Crippen LogP contribution in [-0.4, -0.2) is 53.2 Å². The van der Waals surface area contributed by atoms with Gasteiger partial charge in [0, 0.05) is 17.9 Å². The van der Waals surface area contributed by atoms with Crippen molar-refractivity contribution in [3.05, 3.63) is 47.5 Å². The summed E-state index contributed by atoms with van der Waals surface area (Å²) >= 11 is 0. The van der Waals surface area contributed by atoms with Crippen LogP contribution < -0.4 is 5.32 Å². The fourth-order valence-corrected chi connectivity index (χ4v) is 7.25. The van der Waals surface area contributed by atoms with E-state index in [4.69, 9.17) is 14.2 Å². The summed E-state index contributed by atoms with van der Waals surface area (Å²) in [4.78, 5) is 39.9. The van der Waals surface area contributed by atoms with Crippen LogP contribution in [0.15, 0.2) is 42.0 Å². The highest BCUT2D eigenvalue weighted by molar-refractivity contribution is 5.97. The molecule has 10 atom stereocenters. The topological polar surface area (TPSA) is 97.5 Å². The standard InChI is InChI=1S/C28H33NO6/c1-14-10-11-20(30)34-28-21(18(29-26(28)32)13-17-8-6-5-7-9-17)16(3)27(4)25(35-27)22(28)24-19(33-24)12-15(2)23(14)31/h5-10,15-16,18-19,21-22,24-25H,11-13H2,1-4H3,(H,29,32)/b14-10-/t15-,16-,18-,19+,21-,22-,24-,25-,27+,28-/m0/s1. The Labute approximate surface area is 205 Å². The van der Waals surface area contributed by atoms with E-state index in [1.165, 1.54) is 0 Å². The summed E-state index contributed by atoms with van der Waals surface area (Å²) < 4.78 is 18.7. The smallest absolute Gasteiger partial charge is 0.310 e. The summed E-state index contributed by atoms with van der Waals surface area (Å²) in [6.45, 7) is 7.85. The van der Waals surface area contributed by atoms with Gasteiger partial charge in [0.2, 0.25) is 5.60 Å². The lowest BCUT2D eigenvalue weighted by Crippen LogP contribution is -2.63. The fraction of sp³-hybridized carbons (Fsp3) is 0.607. The SMILES string of the molecule is C/C1=C/CC(=O)O[C@@]23C(=O)N[C@@H](Cc4ccccc4)[C@@H]2[C@H](C)[C@@]2(C)O[C@H]2[C@@H]3[C@H]2O[C@@H]2C[C@H](C)C1=O. The summed E-state index contributed by atoms with van der Waals surface area (Å²) in [6.07, 6.45) is 2.13. The minimum atomic E-state index is -1.36. The number of carbonyl (C=O) groups excluding carboxylic acids is 3.